The number of hydrogen-bond donors (Lipinski definition) is 0. The van der Waals surface area contributed by atoms with Gasteiger partial charge in [-0.2, -0.15) is 5.26 Å². The molecule has 0 amide bonds. The van der Waals surface area contributed by atoms with E-state index < -0.39 is 0 Å². The third-order valence-corrected chi connectivity index (χ3v) is 2.88. The molecule has 0 fully saturated rings. The van der Waals surface area contributed by atoms with Crippen LogP contribution in [0.3, 0.4) is 0 Å². The van der Waals surface area contributed by atoms with Gasteiger partial charge >= 0.3 is 0 Å². The van der Waals surface area contributed by atoms with Crippen LogP contribution in [-0.4, -0.2) is 10.7 Å². The Morgan fingerprint density at radius 3 is 2.36 bits per heavy atom. The van der Waals surface area contributed by atoms with Crippen molar-refractivity contribution in [3.05, 3.63) is 36.0 Å². The summed E-state index contributed by atoms with van der Waals surface area (Å²) in [5, 5.41) is 10.2. The number of nitrogens with zero attached hydrogens (tertiary/aromatic N) is 1. The molecule has 0 aromatic carbocycles. The molecule has 0 heterocycles. The molecule has 0 saturated heterocycles. The van der Waals surface area contributed by atoms with Gasteiger partial charge in [0.25, 0.3) is 0 Å². The number of allylic oxidation sites excluding steroid dienone is 5. The van der Waals surface area contributed by atoms with Gasteiger partial charge in [-0.05, 0) is 18.1 Å². The molecule has 0 aliphatic carbocycles. The summed E-state index contributed by atoms with van der Waals surface area (Å²) in [7, 11) is 0. The van der Waals surface area contributed by atoms with E-state index in [-0.39, 0.29) is 5.92 Å². The van der Waals surface area contributed by atoms with Crippen molar-refractivity contribution < 1.29 is 0 Å². The molecular weight excluding hydrogens is 306 g/mol. The molecule has 0 N–H and O–H groups in total. The first-order valence-electron chi connectivity index (χ1n) is 4.23. The highest BCUT2D eigenvalue weighted by molar-refractivity contribution is 9.09. The van der Waals surface area contributed by atoms with Gasteiger partial charge in [0.15, 0.2) is 0 Å². The smallest absolute Gasteiger partial charge is 0.0694 e. The molecule has 1 unspecified atom stereocenters. The summed E-state index contributed by atoms with van der Waals surface area (Å²) >= 11 is 6.82. The van der Waals surface area contributed by atoms with Crippen LogP contribution < -0.4 is 0 Å². The standard InChI is InChI=1S/C11H13Br2N/c1-3-4-10(6-12)11(7-13)5-9(2)8-14/h3-5,9H,1,6-7H2,2H3/b10-4-,11-5-. The van der Waals surface area contributed by atoms with E-state index in [0.29, 0.717) is 0 Å². The molecule has 0 saturated carbocycles. The van der Waals surface area contributed by atoms with Crippen LogP contribution in [0.5, 0.6) is 0 Å². The molecule has 0 rings (SSSR count). The lowest BCUT2D eigenvalue weighted by molar-refractivity contribution is 0.944. The van der Waals surface area contributed by atoms with Gasteiger partial charge in [-0.25, -0.2) is 0 Å². The Morgan fingerprint density at radius 1 is 1.43 bits per heavy atom. The van der Waals surface area contributed by atoms with E-state index in [1.54, 1.807) is 6.08 Å². The SMILES string of the molecule is C=C/C=C(CBr)\C(=C/C(C)C#N)CBr. The normalized spacial score (nSPS) is 14.7. The summed E-state index contributed by atoms with van der Waals surface area (Å²) in [4.78, 5) is 0. The van der Waals surface area contributed by atoms with Crippen LogP contribution in [-0.2, 0) is 0 Å². The van der Waals surface area contributed by atoms with Crippen LogP contribution in [0.4, 0.5) is 0 Å². The summed E-state index contributed by atoms with van der Waals surface area (Å²) in [5.74, 6) is -0.0604. The third-order valence-electron chi connectivity index (χ3n) is 1.67. The zero-order chi connectivity index (χ0) is 11.0. The Hall–Kier alpha value is -0.330. The summed E-state index contributed by atoms with van der Waals surface area (Å²) in [6.45, 7) is 5.54. The van der Waals surface area contributed by atoms with Crippen molar-refractivity contribution in [3.8, 4) is 6.07 Å². The highest BCUT2D eigenvalue weighted by Gasteiger charge is 2.04. The molecule has 3 heteroatoms. The van der Waals surface area contributed by atoms with Crippen LogP contribution in [0.25, 0.3) is 0 Å². The summed E-state index contributed by atoms with van der Waals surface area (Å²) in [6, 6.07) is 2.19. The topological polar surface area (TPSA) is 23.8 Å². The van der Waals surface area contributed by atoms with Crippen molar-refractivity contribution in [3.63, 3.8) is 0 Å². The van der Waals surface area contributed by atoms with E-state index in [0.717, 1.165) is 21.8 Å². The number of nitriles is 1. The first kappa shape index (κ1) is 13.7. The Balaban J connectivity index is 4.87. The predicted molar refractivity (Wildman–Crippen MR) is 68.7 cm³/mol. The van der Waals surface area contributed by atoms with Gasteiger partial charge in [-0.3, -0.25) is 0 Å². The van der Waals surface area contributed by atoms with Gasteiger partial charge in [-0.15, -0.1) is 0 Å². The van der Waals surface area contributed by atoms with E-state index in [2.05, 4.69) is 44.5 Å². The first-order valence-corrected chi connectivity index (χ1v) is 6.48. The number of hydrogen-bond acceptors (Lipinski definition) is 1. The van der Waals surface area contributed by atoms with Crippen molar-refractivity contribution in [1.82, 2.24) is 0 Å². The fourth-order valence-electron chi connectivity index (χ4n) is 0.956. The quantitative estimate of drug-likeness (QED) is 0.555. The van der Waals surface area contributed by atoms with E-state index in [4.69, 9.17) is 5.26 Å². The maximum absolute atomic E-state index is 8.70. The largest absolute Gasteiger partial charge is 0.198 e. The van der Waals surface area contributed by atoms with Gasteiger partial charge in [0.05, 0.1) is 12.0 Å². The van der Waals surface area contributed by atoms with Crippen molar-refractivity contribution in [2.24, 2.45) is 5.92 Å². The lowest BCUT2D eigenvalue weighted by Crippen LogP contribution is -1.96. The average molecular weight is 319 g/mol. The van der Waals surface area contributed by atoms with Crippen LogP contribution in [0.15, 0.2) is 36.0 Å². The predicted octanol–water partition coefficient (Wildman–Crippen LogP) is 3.97. The Bertz CT molecular complexity index is 284. The maximum atomic E-state index is 8.70. The Morgan fingerprint density at radius 2 is 2.00 bits per heavy atom. The highest BCUT2D eigenvalue weighted by atomic mass is 79.9. The van der Waals surface area contributed by atoms with Crippen molar-refractivity contribution in [2.75, 3.05) is 10.7 Å². The molecule has 0 bridgehead atoms. The summed E-state index contributed by atoms with van der Waals surface area (Å²) in [5.41, 5.74) is 2.29. The van der Waals surface area contributed by atoms with Gasteiger partial charge in [0.2, 0.25) is 0 Å². The minimum Gasteiger partial charge on any atom is -0.198 e. The molecule has 0 aromatic heterocycles. The van der Waals surface area contributed by atoms with E-state index >= 15 is 0 Å². The van der Waals surface area contributed by atoms with Gasteiger partial charge in [0, 0.05) is 10.7 Å². The second kappa shape index (κ2) is 8.02. The molecule has 0 aliphatic rings. The van der Waals surface area contributed by atoms with E-state index in [1.807, 2.05) is 19.1 Å². The van der Waals surface area contributed by atoms with Gasteiger partial charge in [-0.1, -0.05) is 56.7 Å². The van der Waals surface area contributed by atoms with Gasteiger partial charge < -0.3 is 0 Å². The fraction of sp³-hybridized carbons (Fsp3) is 0.364. The second-order valence-electron chi connectivity index (χ2n) is 2.80. The minimum absolute atomic E-state index is 0.0604. The molecular formula is C11H13Br2N. The Kier molecular flexibility index (Phi) is 7.83. The van der Waals surface area contributed by atoms with Crippen LogP contribution in [0.2, 0.25) is 0 Å². The number of rotatable bonds is 5. The van der Waals surface area contributed by atoms with Crippen molar-refractivity contribution >= 4 is 31.9 Å². The number of halogens is 2. The fourth-order valence-corrected chi connectivity index (χ4v) is 2.05. The van der Waals surface area contributed by atoms with E-state index in [1.165, 1.54) is 0 Å². The van der Waals surface area contributed by atoms with Crippen molar-refractivity contribution in [1.29, 1.82) is 5.26 Å². The summed E-state index contributed by atoms with van der Waals surface area (Å²) in [6.07, 6.45) is 5.67. The molecule has 0 spiro atoms. The van der Waals surface area contributed by atoms with Crippen molar-refractivity contribution in [2.45, 2.75) is 6.92 Å². The Labute approximate surface area is 102 Å². The lowest BCUT2D eigenvalue weighted by atomic mass is 10.0. The highest BCUT2D eigenvalue weighted by Crippen LogP contribution is 2.17. The minimum atomic E-state index is -0.0604. The zero-order valence-electron chi connectivity index (χ0n) is 8.13. The van der Waals surface area contributed by atoms with Crippen LogP contribution in [0.1, 0.15) is 6.92 Å². The third kappa shape index (κ3) is 4.78. The summed E-state index contributed by atoms with van der Waals surface area (Å²) < 4.78 is 0. The monoisotopic (exact) mass is 317 g/mol. The van der Waals surface area contributed by atoms with E-state index in [9.17, 15) is 0 Å². The first-order chi connectivity index (χ1) is 6.69. The second-order valence-corrected chi connectivity index (χ2v) is 3.93. The molecule has 0 aromatic rings. The average Bonchev–Trinajstić information content (AvgIpc) is 2.22. The molecule has 76 valence electrons. The van der Waals surface area contributed by atoms with Crippen LogP contribution in [0, 0.1) is 17.2 Å². The number of alkyl halides is 2. The molecule has 0 aliphatic heterocycles. The molecule has 1 atom stereocenters. The molecule has 0 radical (unpaired) electrons. The molecule has 14 heavy (non-hydrogen) atoms. The lowest BCUT2D eigenvalue weighted by Gasteiger charge is -2.06. The van der Waals surface area contributed by atoms with Gasteiger partial charge in [0.1, 0.15) is 0 Å². The molecule has 1 nitrogen and oxygen atoms in total. The zero-order valence-corrected chi connectivity index (χ0v) is 11.3. The maximum Gasteiger partial charge on any atom is 0.0694 e. The van der Waals surface area contributed by atoms with Crippen LogP contribution >= 0.6 is 31.9 Å².